The number of hydrogen-bond donors (Lipinski definition) is 1. The first kappa shape index (κ1) is 38.1. The van der Waals surface area contributed by atoms with E-state index in [0.717, 1.165) is 25.1 Å². The average molecular weight is 731 g/mol. The third-order valence-electron chi connectivity index (χ3n) is 16.8. The van der Waals surface area contributed by atoms with Crippen LogP contribution in [0.2, 0.25) is 0 Å². The molecule has 0 spiro atoms. The predicted octanol–water partition coefficient (Wildman–Crippen LogP) is 8.75. The van der Waals surface area contributed by atoms with Gasteiger partial charge in [-0.15, -0.1) is 0 Å². The lowest BCUT2D eigenvalue weighted by molar-refractivity contribution is -0.221. The molecule has 286 valence electrons. The van der Waals surface area contributed by atoms with Crippen LogP contribution in [0.25, 0.3) is 6.08 Å². The van der Waals surface area contributed by atoms with E-state index in [0.29, 0.717) is 70.6 Å². The number of nitrogens with one attached hydrogen (secondary N) is 1. The summed E-state index contributed by atoms with van der Waals surface area (Å²) in [5.41, 5.74) is 5.61. The number of carbonyl (C=O) groups is 1. The van der Waals surface area contributed by atoms with Crippen LogP contribution in [0, 0.1) is 51.2 Å². The second-order valence-corrected chi connectivity index (χ2v) is 21.6. The molecule has 6 aliphatic rings. The highest BCUT2D eigenvalue weighted by atomic mass is 32.2. The van der Waals surface area contributed by atoms with Crippen LogP contribution in [0.4, 0.5) is 0 Å². The number of methoxy groups -OCH3 is 1. The van der Waals surface area contributed by atoms with Crippen molar-refractivity contribution in [3.63, 3.8) is 0 Å². The summed E-state index contributed by atoms with van der Waals surface area (Å²) < 4.78 is 29.0. The van der Waals surface area contributed by atoms with Gasteiger partial charge in [0.05, 0.1) is 24.2 Å². The van der Waals surface area contributed by atoms with Crippen molar-refractivity contribution in [1.29, 1.82) is 0 Å². The topological polar surface area (TPSA) is 75.7 Å². The molecule has 6 nitrogen and oxygen atoms in total. The minimum absolute atomic E-state index is 0.0786. The number of rotatable bonds is 8. The van der Waals surface area contributed by atoms with Crippen LogP contribution in [0.15, 0.2) is 54.1 Å². The lowest BCUT2D eigenvalue weighted by Gasteiger charge is -2.72. The molecule has 9 atom stereocenters. The van der Waals surface area contributed by atoms with E-state index in [9.17, 15) is 13.2 Å². The first-order chi connectivity index (χ1) is 24.5. The van der Waals surface area contributed by atoms with Crippen LogP contribution in [0.5, 0.6) is 0 Å². The molecule has 5 aliphatic carbocycles. The average Bonchev–Trinajstić information content (AvgIpc) is 3.49. The van der Waals surface area contributed by atoms with E-state index in [-0.39, 0.29) is 22.3 Å². The normalized spacial score (nSPS) is 40.9. The first-order valence-corrected chi connectivity index (χ1v) is 22.2. The van der Waals surface area contributed by atoms with Gasteiger partial charge >= 0.3 is 5.97 Å². The van der Waals surface area contributed by atoms with Gasteiger partial charge in [0.1, 0.15) is 0 Å². The Hall–Kier alpha value is -2.22. The van der Waals surface area contributed by atoms with Crippen LogP contribution in [-0.2, 0) is 14.6 Å². The quantitative estimate of drug-likeness (QED) is 0.213. The first-order valence-electron chi connectivity index (χ1n) is 20.4. The molecule has 7 rings (SSSR count). The van der Waals surface area contributed by atoms with Crippen LogP contribution in [0.3, 0.4) is 0 Å². The number of carbonyl (C=O) groups excluding carboxylic acids is 1. The van der Waals surface area contributed by atoms with Crippen molar-refractivity contribution >= 4 is 21.9 Å². The van der Waals surface area contributed by atoms with Crippen LogP contribution >= 0.6 is 0 Å². The van der Waals surface area contributed by atoms with Gasteiger partial charge in [-0.25, -0.2) is 13.2 Å². The molecule has 1 heterocycles. The highest BCUT2D eigenvalue weighted by molar-refractivity contribution is 7.91. The van der Waals surface area contributed by atoms with Crippen molar-refractivity contribution in [2.45, 2.75) is 105 Å². The third kappa shape index (κ3) is 6.11. The molecule has 0 amide bonds. The van der Waals surface area contributed by atoms with Gasteiger partial charge in [0.2, 0.25) is 0 Å². The van der Waals surface area contributed by atoms with Crippen molar-refractivity contribution in [3.05, 3.63) is 65.3 Å². The molecule has 52 heavy (non-hydrogen) atoms. The Morgan fingerprint density at radius 2 is 1.63 bits per heavy atom. The summed E-state index contributed by atoms with van der Waals surface area (Å²) in [7, 11) is -1.43. The van der Waals surface area contributed by atoms with Crippen LogP contribution < -0.4 is 5.32 Å². The Morgan fingerprint density at radius 1 is 0.923 bits per heavy atom. The van der Waals surface area contributed by atoms with Gasteiger partial charge < -0.3 is 15.0 Å². The van der Waals surface area contributed by atoms with Crippen molar-refractivity contribution in [3.8, 4) is 0 Å². The molecule has 1 N–H and O–H groups in total. The largest absolute Gasteiger partial charge is 0.465 e. The number of fused-ring (bicyclic) bond motifs is 7. The van der Waals surface area contributed by atoms with Crippen molar-refractivity contribution in [1.82, 2.24) is 10.2 Å². The van der Waals surface area contributed by atoms with E-state index in [4.69, 9.17) is 4.74 Å². The van der Waals surface area contributed by atoms with Gasteiger partial charge in [0.15, 0.2) is 9.84 Å². The molecule has 1 aromatic carbocycles. The Labute approximate surface area is 315 Å². The molecule has 1 saturated heterocycles. The molecule has 7 heteroatoms. The summed E-state index contributed by atoms with van der Waals surface area (Å²) in [6.45, 7) is 23.2. The number of allylic oxidation sites excluding steroid dienone is 4. The zero-order chi connectivity index (χ0) is 37.3. The fourth-order valence-corrected chi connectivity index (χ4v) is 15.1. The van der Waals surface area contributed by atoms with Gasteiger partial charge in [-0.1, -0.05) is 77.1 Å². The predicted molar refractivity (Wildman–Crippen MR) is 213 cm³/mol. The maximum absolute atomic E-state index is 12.0. The highest BCUT2D eigenvalue weighted by Crippen LogP contribution is 2.76. The number of nitrogens with zero attached hydrogens (tertiary/aromatic N) is 1. The summed E-state index contributed by atoms with van der Waals surface area (Å²) in [4.78, 5) is 14.3. The Kier molecular flexibility index (Phi) is 9.89. The molecule has 1 aromatic rings. The van der Waals surface area contributed by atoms with Crippen molar-refractivity contribution in [2.75, 3.05) is 44.8 Å². The summed E-state index contributed by atoms with van der Waals surface area (Å²) in [6, 6.07) is 7.72. The molecule has 0 aromatic heterocycles. The Balaban J connectivity index is 1.11. The minimum Gasteiger partial charge on any atom is -0.465 e. The monoisotopic (exact) mass is 730 g/mol. The second-order valence-electron chi connectivity index (χ2n) is 19.3. The second kappa shape index (κ2) is 13.5. The van der Waals surface area contributed by atoms with E-state index in [2.05, 4.69) is 76.6 Å². The number of esters is 1. The number of sulfone groups is 1. The summed E-state index contributed by atoms with van der Waals surface area (Å²) in [5.74, 6) is 3.53. The number of hydrogen-bond acceptors (Lipinski definition) is 6. The zero-order valence-corrected chi connectivity index (χ0v) is 34.0. The van der Waals surface area contributed by atoms with E-state index in [1.54, 1.807) is 0 Å². The van der Waals surface area contributed by atoms with Gasteiger partial charge in [0, 0.05) is 31.7 Å². The van der Waals surface area contributed by atoms with E-state index in [1.807, 2.05) is 24.3 Å². The summed E-state index contributed by atoms with van der Waals surface area (Å²) in [6.07, 6.45) is 18.5. The van der Waals surface area contributed by atoms with E-state index >= 15 is 0 Å². The van der Waals surface area contributed by atoms with Gasteiger partial charge in [-0.05, 0) is 139 Å². The fourth-order valence-electron chi connectivity index (χ4n) is 13.8. The lowest BCUT2D eigenvalue weighted by atomic mass is 9.33. The molecule has 0 bridgehead atoms. The summed E-state index contributed by atoms with van der Waals surface area (Å²) >= 11 is 0. The molecule has 1 aliphatic heterocycles. The summed E-state index contributed by atoms with van der Waals surface area (Å²) in [5, 5.41) is 4.22. The zero-order valence-electron chi connectivity index (χ0n) is 33.2. The van der Waals surface area contributed by atoms with Gasteiger partial charge in [-0.2, -0.15) is 0 Å². The maximum Gasteiger partial charge on any atom is 0.337 e. The van der Waals surface area contributed by atoms with Crippen molar-refractivity contribution < 1.29 is 17.9 Å². The standard InChI is InChI=1S/C45H66N2O4S/c1-31(2)35-18-22-45(46-25-26-47-27-29-52(49,50)30-28-47)24-23-43(6)36(39(35)45)15-16-38-42(5)20-17-34(41(3,4)37(42)19-21-44(38,43)7)14-11-32-9-12-33(13-10-32)40(48)51-8/h9-14,17,35-39,46H,1,15-16,18-30H2,2-8H3/t35-,36+,37-,38+,39+,42-,43+,44+,45-/m0/s1. The molecule has 5 fully saturated rings. The minimum atomic E-state index is -2.86. The smallest absolute Gasteiger partial charge is 0.337 e. The maximum atomic E-state index is 12.0. The fraction of sp³-hybridized carbons (Fsp3) is 0.711. The number of benzene rings is 1. The van der Waals surface area contributed by atoms with E-state index < -0.39 is 9.84 Å². The molecule has 0 unspecified atom stereocenters. The SMILES string of the molecule is C=C(C)[C@@H]1CC[C@]2(NCCN3CCS(=O)(=O)CC3)CC[C@]3(C)[C@H](CC[C@@H]4[C@@]5(C)CC=C(C=Cc6ccc(C(=O)OC)cc6)C(C)(C)[C@@H]5CC[C@]43C)[C@@H]12. The number of ether oxygens (including phenoxy) is 1. The lowest BCUT2D eigenvalue weighted by Crippen LogP contribution is -2.68. The third-order valence-corrected chi connectivity index (χ3v) is 18.4. The highest BCUT2D eigenvalue weighted by Gasteiger charge is 2.70. The molecule has 0 radical (unpaired) electrons. The van der Waals surface area contributed by atoms with Gasteiger partial charge in [0.25, 0.3) is 0 Å². The Morgan fingerprint density at radius 3 is 2.31 bits per heavy atom. The molecule has 4 saturated carbocycles. The Bertz CT molecular complexity index is 1710. The molecular formula is C45H66N2O4S. The van der Waals surface area contributed by atoms with Gasteiger partial charge in [-0.3, -0.25) is 0 Å². The van der Waals surface area contributed by atoms with Crippen molar-refractivity contribution in [2.24, 2.45) is 51.2 Å². The van der Waals surface area contributed by atoms with Crippen LogP contribution in [-0.4, -0.2) is 69.6 Å². The van der Waals surface area contributed by atoms with E-state index in [1.165, 1.54) is 69.6 Å². The van der Waals surface area contributed by atoms with Crippen LogP contribution in [0.1, 0.15) is 115 Å². The molecular weight excluding hydrogens is 665 g/mol.